The lowest BCUT2D eigenvalue weighted by molar-refractivity contribution is 0.377. The van der Waals surface area contributed by atoms with Gasteiger partial charge in [0.15, 0.2) is 0 Å². The summed E-state index contributed by atoms with van der Waals surface area (Å²) in [5.41, 5.74) is 7.43. The Bertz CT molecular complexity index is 725. The standard InChI is InChI=1S/C20H28NO3P/c1-19(2,3)15-11-7-9-13-17(15)23-25(21,22)24-18-14-10-8-12-16(18)20(4,5)6/h7-14H,1-6H3,(H2,21,22). The maximum atomic E-state index is 12.8. The summed E-state index contributed by atoms with van der Waals surface area (Å²) in [4.78, 5) is 0. The number of nitrogens with two attached hydrogens (primary N) is 1. The van der Waals surface area contributed by atoms with Crippen molar-refractivity contribution in [1.82, 2.24) is 0 Å². The molecule has 0 spiro atoms. The maximum Gasteiger partial charge on any atom is 0.510 e. The second-order valence-electron chi connectivity index (χ2n) is 8.21. The van der Waals surface area contributed by atoms with E-state index in [1.807, 2.05) is 36.4 Å². The third kappa shape index (κ3) is 5.10. The predicted molar refractivity (Wildman–Crippen MR) is 103 cm³/mol. The molecule has 5 heteroatoms. The smallest absolute Gasteiger partial charge is 0.404 e. The van der Waals surface area contributed by atoms with E-state index >= 15 is 0 Å². The Morgan fingerprint density at radius 1 is 0.720 bits per heavy atom. The summed E-state index contributed by atoms with van der Waals surface area (Å²) in [7, 11) is -3.83. The molecule has 25 heavy (non-hydrogen) atoms. The van der Waals surface area contributed by atoms with Gasteiger partial charge < -0.3 is 9.05 Å². The van der Waals surface area contributed by atoms with Crippen molar-refractivity contribution in [3.8, 4) is 11.5 Å². The second kappa shape index (κ2) is 6.86. The van der Waals surface area contributed by atoms with Crippen molar-refractivity contribution in [3.05, 3.63) is 59.7 Å². The fraction of sp³-hybridized carbons (Fsp3) is 0.400. The normalized spacial score (nSPS) is 12.8. The number of rotatable bonds is 4. The van der Waals surface area contributed by atoms with E-state index in [0.717, 1.165) is 11.1 Å². The molecule has 0 aliphatic heterocycles. The Morgan fingerprint density at radius 2 is 1.04 bits per heavy atom. The summed E-state index contributed by atoms with van der Waals surface area (Å²) in [6, 6.07) is 14.9. The molecule has 0 aliphatic rings. The Kier molecular flexibility index (Phi) is 5.36. The molecule has 0 aliphatic carbocycles. The van der Waals surface area contributed by atoms with E-state index < -0.39 is 7.75 Å². The van der Waals surface area contributed by atoms with Crippen LogP contribution in [0.2, 0.25) is 0 Å². The fourth-order valence-electron chi connectivity index (χ4n) is 2.62. The van der Waals surface area contributed by atoms with Gasteiger partial charge in [-0.15, -0.1) is 0 Å². The van der Waals surface area contributed by atoms with Crippen LogP contribution in [0.4, 0.5) is 0 Å². The fourth-order valence-corrected chi connectivity index (χ4v) is 3.53. The molecule has 0 radical (unpaired) electrons. The lowest BCUT2D eigenvalue weighted by Gasteiger charge is -2.26. The first kappa shape index (κ1) is 19.6. The molecule has 136 valence electrons. The minimum Gasteiger partial charge on any atom is -0.404 e. The van der Waals surface area contributed by atoms with Crippen LogP contribution >= 0.6 is 7.75 Å². The molecule has 2 N–H and O–H groups in total. The predicted octanol–water partition coefficient (Wildman–Crippen LogP) is 5.81. The molecular formula is C20H28NO3P. The summed E-state index contributed by atoms with van der Waals surface area (Å²) in [6.45, 7) is 12.4. The summed E-state index contributed by atoms with van der Waals surface area (Å²) in [5, 5.41) is 0. The molecule has 0 heterocycles. The van der Waals surface area contributed by atoms with Gasteiger partial charge in [0.05, 0.1) is 0 Å². The zero-order valence-corrected chi connectivity index (χ0v) is 16.8. The minimum atomic E-state index is -3.83. The van der Waals surface area contributed by atoms with Crippen molar-refractivity contribution in [2.75, 3.05) is 0 Å². The molecule has 0 unspecified atom stereocenters. The van der Waals surface area contributed by atoms with Gasteiger partial charge >= 0.3 is 7.75 Å². The van der Waals surface area contributed by atoms with Crippen LogP contribution < -0.4 is 14.6 Å². The van der Waals surface area contributed by atoms with Crippen molar-refractivity contribution >= 4 is 7.75 Å². The molecule has 0 fully saturated rings. The van der Waals surface area contributed by atoms with Gasteiger partial charge in [-0.25, -0.2) is 10.1 Å². The van der Waals surface area contributed by atoms with Crippen molar-refractivity contribution in [3.63, 3.8) is 0 Å². The van der Waals surface area contributed by atoms with Crippen LogP contribution in [0, 0.1) is 0 Å². The lowest BCUT2D eigenvalue weighted by Crippen LogP contribution is -2.17. The molecule has 0 atom stereocenters. The van der Waals surface area contributed by atoms with Gasteiger partial charge in [-0.05, 0) is 23.0 Å². The maximum absolute atomic E-state index is 12.8. The number of hydrogen-bond donors (Lipinski definition) is 1. The molecule has 2 aromatic carbocycles. The third-order valence-electron chi connectivity index (χ3n) is 3.84. The van der Waals surface area contributed by atoms with Crippen LogP contribution in [0.3, 0.4) is 0 Å². The Morgan fingerprint density at radius 3 is 1.36 bits per heavy atom. The topological polar surface area (TPSA) is 61.5 Å². The van der Waals surface area contributed by atoms with Crippen LogP contribution in [0.1, 0.15) is 52.7 Å². The van der Waals surface area contributed by atoms with E-state index in [9.17, 15) is 4.57 Å². The zero-order valence-electron chi connectivity index (χ0n) is 15.9. The van der Waals surface area contributed by atoms with Gasteiger partial charge in [0.2, 0.25) is 0 Å². The quantitative estimate of drug-likeness (QED) is 0.699. The summed E-state index contributed by atoms with van der Waals surface area (Å²) in [5.74, 6) is 0.961. The van der Waals surface area contributed by atoms with E-state index in [4.69, 9.17) is 14.6 Å². The van der Waals surface area contributed by atoms with E-state index in [1.54, 1.807) is 12.1 Å². The Balaban J connectivity index is 2.33. The van der Waals surface area contributed by atoms with Gasteiger partial charge in [-0.2, -0.15) is 0 Å². The highest BCUT2D eigenvalue weighted by Crippen LogP contribution is 2.46. The van der Waals surface area contributed by atoms with Crippen LogP contribution in [0.5, 0.6) is 11.5 Å². The molecule has 0 bridgehead atoms. The van der Waals surface area contributed by atoms with Gasteiger partial charge in [0, 0.05) is 11.1 Å². The number of para-hydroxylation sites is 2. The molecule has 0 saturated heterocycles. The first-order valence-corrected chi connectivity index (χ1v) is 9.98. The average Bonchev–Trinajstić information content (AvgIpc) is 2.45. The SMILES string of the molecule is CC(C)(C)c1ccccc1OP(N)(=O)Oc1ccccc1C(C)(C)C. The first-order valence-electron chi connectivity index (χ1n) is 8.37. The largest absolute Gasteiger partial charge is 0.510 e. The summed E-state index contributed by atoms with van der Waals surface area (Å²) in [6.07, 6.45) is 0. The minimum absolute atomic E-state index is 0.167. The molecular weight excluding hydrogens is 333 g/mol. The monoisotopic (exact) mass is 361 g/mol. The summed E-state index contributed by atoms with van der Waals surface area (Å²) >= 11 is 0. The van der Waals surface area contributed by atoms with E-state index in [0.29, 0.717) is 11.5 Å². The lowest BCUT2D eigenvalue weighted by atomic mass is 9.86. The van der Waals surface area contributed by atoms with E-state index in [2.05, 4.69) is 41.5 Å². The highest BCUT2D eigenvalue weighted by Gasteiger charge is 2.29. The summed E-state index contributed by atoms with van der Waals surface area (Å²) < 4.78 is 24.1. The van der Waals surface area contributed by atoms with Crippen molar-refractivity contribution in [2.24, 2.45) is 5.50 Å². The van der Waals surface area contributed by atoms with Gasteiger partial charge in [-0.3, -0.25) is 0 Å². The van der Waals surface area contributed by atoms with Crippen molar-refractivity contribution in [1.29, 1.82) is 0 Å². The third-order valence-corrected chi connectivity index (χ3v) is 4.74. The molecule has 2 aromatic rings. The molecule has 4 nitrogen and oxygen atoms in total. The molecule has 0 amide bonds. The Hall–Kier alpha value is -1.77. The molecule has 0 saturated carbocycles. The second-order valence-corrected chi connectivity index (χ2v) is 9.66. The van der Waals surface area contributed by atoms with Crippen molar-refractivity contribution in [2.45, 2.75) is 52.4 Å². The highest BCUT2D eigenvalue weighted by molar-refractivity contribution is 7.52. The van der Waals surface area contributed by atoms with E-state index in [1.165, 1.54) is 0 Å². The van der Waals surface area contributed by atoms with Crippen LogP contribution in [-0.4, -0.2) is 0 Å². The first-order chi connectivity index (χ1) is 11.4. The van der Waals surface area contributed by atoms with Crippen LogP contribution in [0.15, 0.2) is 48.5 Å². The van der Waals surface area contributed by atoms with Gasteiger partial charge in [0.25, 0.3) is 0 Å². The number of benzene rings is 2. The highest BCUT2D eigenvalue weighted by atomic mass is 31.2. The van der Waals surface area contributed by atoms with Crippen molar-refractivity contribution < 1.29 is 13.6 Å². The van der Waals surface area contributed by atoms with Crippen LogP contribution in [0.25, 0.3) is 0 Å². The molecule has 0 aromatic heterocycles. The number of hydrogen-bond acceptors (Lipinski definition) is 3. The van der Waals surface area contributed by atoms with Gasteiger partial charge in [0.1, 0.15) is 11.5 Å². The average molecular weight is 361 g/mol. The Labute approximate surface area is 150 Å². The van der Waals surface area contributed by atoms with Gasteiger partial charge in [-0.1, -0.05) is 77.9 Å². The zero-order chi connectivity index (χ0) is 18.9. The van der Waals surface area contributed by atoms with Crippen LogP contribution in [-0.2, 0) is 15.4 Å². The molecule has 2 rings (SSSR count). The van der Waals surface area contributed by atoms with E-state index in [-0.39, 0.29) is 10.8 Å².